The molecule has 5 nitrogen and oxygen atoms in total. The number of fused-ring (bicyclic) bond motifs is 6. The number of aromatic nitrogens is 5. The van der Waals surface area contributed by atoms with E-state index in [2.05, 4.69) is 144 Å². The third-order valence-corrected chi connectivity index (χ3v) is 12.4. The quantitative estimate of drug-likeness (QED) is 0.170. The van der Waals surface area contributed by atoms with Crippen molar-refractivity contribution in [1.29, 1.82) is 0 Å². The Morgan fingerprint density at radius 1 is 0.474 bits per heavy atom. The Labute approximate surface area is 334 Å². The second kappa shape index (κ2) is 13.0. The van der Waals surface area contributed by atoms with Gasteiger partial charge in [-0.1, -0.05) is 129 Å². The lowest BCUT2D eigenvalue weighted by Gasteiger charge is -2.21. The van der Waals surface area contributed by atoms with Gasteiger partial charge in [-0.05, 0) is 92.9 Å². The summed E-state index contributed by atoms with van der Waals surface area (Å²) in [5.74, 6) is 1.87. The van der Waals surface area contributed by atoms with Crippen LogP contribution in [0.5, 0.6) is 0 Å². The molecule has 1 aliphatic rings. The second-order valence-electron chi connectivity index (χ2n) is 15.2. The maximum atomic E-state index is 5.23. The number of hydrogen-bond acceptors (Lipinski definition) is 5. The average Bonchev–Trinajstić information content (AvgIpc) is 3.95. The Morgan fingerprint density at radius 2 is 1.16 bits per heavy atom. The molecule has 10 aromatic rings. The van der Waals surface area contributed by atoms with E-state index in [0.29, 0.717) is 17.6 Å². The minimum Gasteiger partial charge on any atom is -0.278 e. The van der Waals surface area contributed by atoms with Gasteiger partial charge in [0.25, 0.3) is 0 Å². The van der Waals surface area contributed by atoms with Crippen LogP contribution < -0.4 is 0 Å². The molecule has 57 heavy (non-hydrogen) atoms. The molecule has 0 radical (unpaired) electrons. The van der Waals surface area contributed by atoms with Crippen LogP contribution in [0, 0.1) is 0 Å². The minimum atomic E-state index is -0.170. The predicted octanol–water partition coefficient (Wildman–Crippen LogP) is 13.1. The van der Waals surface area contributed by atoms with Gasteiger partial charge in [0.1, 0.15) is 0 Å². The first kappa shape index (κ1) is 33.3. The summed E-state index contributed by atoms with van der Waals surface area (Å²) in [5, 5.41) is 4.59. The molecule has 4 heterocycles. The molecular weight excluding hydrogens is 715 g/mol. The smallest absolute Gasteiger partial charge is 0.238 e. The number of nitrogens with zero attached hydrogens (tertiary/aromatic N) is 5. The zero-order chi connectivity index (χ0) is 38.1. The third-order valence-electron chi connectivity index (χ3n) is 11.4. The van der Waals surface area contributed by atoms with Gasteiger partial charge in [0, 0.05) is 44.0 Å². The van der Waals surface area contributed by atoms with Crippen LogP contribution in [0.2, 0.25) is 0 Å². The summed E-state index contributed by atoms with van der Waals surface area (Å²) in [6.45, 7) is 4.66. The largest absolute Gasteiger partial charge is 0.278 e. The van der Waals surface area contributed by atoms with E-state index in [1.54, 1.807) is 11.3 Å². The summed E-state index contributed by atoms with van der Waals surface area (Å²) in [5.41, 5.74) is 14.7. The molecular formula is C51H35N5S. The van der Waals surface area contributed by atoms with Crippen molar-refractivity contribution in [2.24, 2.45) is 0 Å². The van der Waals surface area contributed by atoms with E-state index in [-0.39, 0.29) is 5.41 Å². The molecule has 0 N–H and O–H groups in total. The first-order valence-electron chi connectivity index (χ1n) is 19.2. The molecule has 0 saturated heterocycles. The van der Waals surface area contributed by atoms with E-state index >= 15 is 0 Å². The van der Waals surface area contributed by atoms with Crippen molar-refractivity contribution < 1.29 is 0 Å². The van der Waals surface area contributed by atoms with E-state index in [1.807, 2.05) is 54.7 Å². The Hall–Kier alpha value is -7.02. The van der Waals surface area contributed by atoms with E-state index in [1.165, 1.54) is 43.6 Å². The molecule has 6 aromatic carbocycles. The molecule has 1 aliphatic carbocycles. The molecule has 0 unspecified atom stereocenters. The maximum absolute atomic E-state index is 5.23. The van der Waals surface area contributed by atoms with Gasteiger partial charge in [-0.3, -0.25) is 9.55 Å². The van der Waals surface area contributed by atoms with E-state index in [4.69, 9.17) is 15.0 Å². The number of rotatable bonds is 6. The summed E-state index contributed by atoms with van der Waals surface area (Å²) < 4.78 is 2.25. The fourth-order valence-corrected chi connectivity index (χ4v) is 9.43. The molecule has 0 amide bonds. The third kappa shape index (κ3) is 5.52. The molecule has 6 heteroatoms. The van der Waals surface area contributed by atoms with Crippen molar-refractivity contribution in [2.45, 2.75) is 19.3 Å². The van der Waals surface area contributed by atoms with E-state index < -0.39 is 0 Å². The van der Waals surface area contributed by atoms with Gasteiger partial charge in [-0.2, -0.15) is 9.97 Å². The van der Waals surface area contributed by atoms with Gasteiger partial charge in [-0.25, -0.2) is 4.98 Å². The second-order valence-corrected chi connectivity index (χ2v) is 16.1. The zero-order valence-electron chi connectivity index (χ0n) is 31.4. The van der Waals surface area contributed by atoms with E-state index in [9.17, 15) is 0 Å². The van der Waals surface area contributed by atoms with Gasteiger partial charge < -0.3 is 0 Å². The van der Waals surface area contributed by atoms with Crippen molar-refractivity contribution in [3.8, 4) is 72.7 Å². The molecule has 0 bridgehead atoms. The monoisotopic (exact) mass is 749 g/mol. The Kier molecular flexibility index (Phi) is 7.63. The summed E-state index contributed by atoms with van der Waals surface area (Å²) in [4.78, 5) is 21.3. The van der Waals surface area contributed by atoms with Gasteiger partial charge in [0.15, 0.2) is 11.6 Å². The average molecular weight is 750 g/mol. The molecule has 0 atom stereocenters. The summed E-state index contributed by atoms with van der Waals surface area (Å²) in [6.07, 6.45) is 1.84. The van der Waals surface area contributed by atoms with Crippen LogP contribution in [-0.4, -0.2) is 24.5 Å². The lowest BCUT2D eigenvalue weighted by atomic mass is 9.82. The van der Waals surface area contributed by atoms with Crippen LogP contribution >= 0.6 is 11.3 Å². The highest BCUT2D eigenvalue weighted by molar-refractivity contribution is 7.14. The van der Waals surface area contributed by atoms with Gasteiger partial charge in [0.05, 0.1) is 16.7 Å². The van der Waals surface area contributed by atoms with Crippen molar-refractivity contribution >= 4 is 33.1 Å². The highest BCUT2D eigenvalue weighted by Gasteiger charge is 2.36. The predicted molar refractivity (Wildman–Crippen MR) is 235 cm³/mol. The van der Waals surface area contributed by atoms with Gasteiger partial charge in [0.2, 0.25) is 5.95 Å². The molecule has 270 valence electrons. The van der Waals surface area contributed by atoms with Gasteiger partial charge in [-0.15, -0.1) is 11.3 Å². The number of thiophene rings is 1. The summed E-state index contributed by atoms with van der Waals surface area (Å²) >= 11 is 1.77. The standard InChI is InChI=1S/C51H35N5S/c1-51(2)42-21-10-9-20-38(42)39-29-41-40-27-34(37-28-47(57-31-37)36-19-13-18-35(26-36)44-22-11-12-25-52-44)23-24-45(40)56(46(41)30-43(39)51)50-54-48(32-14-5-3-6-15-32)53-49(55-50)33-16-7-4-8-17-33/h3-31H,1-2H3. The highest BCUT2D eigenvalue weighted by Crippen LogP contribution is 2.51. The first-order chi connectivity index (χ1) is 28.0. The molecule has 4 aromatic heterocycles. The Morgan fingerprint density at radius 3 is 1.91 bits per heavy atom. The topological polar surface area (TPSA) is 56.5 Å². The fourth-order valence-electron chi connectivity index (χ4n) is 8.51. The number of hydrogen-bond donors (Lipinski definition) is 0. The molecule has 0 fully saturated rings. The van der Waals surface area contributed by atoms with Crippen molar-refractivity contribution in [2.75, 3.05) is 0 Å². The zero-order valence-corrected chi connectivity index (χ0v) is 32.2. The van der Waals surface area contributed by atoms with Crippen molar-refractivity contribution in [3.05, 3.63) is 186 Å². The van der Waals surface area contributed by atoms with Crippen LogP contribution in [0.3, 0.4) is 0 Å². The van der Waals surface area contributed by atoms with Crippen molar-refractivity contribution in [3.63, 3.8) is 0 Å². The van der Waals surface area contributed by atoms with Crippen LogP contribution in [0.4, 0.5) is 0 Å². The van der Waals surface area contributed by atoms with Crippen LogP contribution in [0.25, 0.3) is 94.5 Å². The van der Waals surface area contributed by atoms with E-state index in [0.717, 1.165) is 44.4 Å². The molecule has 0 aliphatic heterocycles. The normalized spacial score (nSPS) is 12.9. The van der Waals surface area contributed by atoms with Crippen LogP contribution in [0.15, 0.2) is 175 Å². The number of pyridine rings is 1. The molecule has 0 saturated carbocycles. The summed E-state index contributed by atoms with van der Waals surface area (Å²) in [6, 6.07) is 57.8. The number of benzene rings is 6. The first-order valence-corrected chi connectivity index (χ1v) is 20.1. The maximum Gasteiger partial charge on any atom is 0.238 e. The summed E-state index contributed by atoms with van der Waals surface area (Å²) in [7, 11) is 0. The fraction of sp³-hybridized carbons (Fsp3) is 0.0588. The van der Waals surface area contributed by atoms with Crippen LogP contribution in [0.1, 0.15) is 25.0 Å². The molecule has 0 spiro atoms. The van der Waals surface area contributed by atoms with Crippen LogP contribution in [-0.2, 0) is 5.41 Å². The lowest BCUT2D eigenvalue weighted by Crippen LogP contribution is -2.15. The highest BCUT2D eigenvalue weighted by atomic mass is 32.1. The Balaban J connectivity index is 1.13. The Bertz CT molecular complexity index is 3090. The van der Waals surface area contributed by atoms with Gasteiger partial charge >= 0.3 is 0 Å². The minimum absolute atomic E-state index is 0.170. The van der Waals surface area contributed by atoms with Crippen molar-refractivity contribution in [1.82, 2.24) is 24.5 Å². The lowest BCUT2D eigenvalue weighted by molar-refractivity contribution is 0.661. The SMILES string of the molecule is CC1(C)c2ccccc2-c2cc3c4cc(-c5csc(-c6cccc(-c7ccccn7)c6)c5)ccc4n(-c4nc(-c5ccccc5)nc(-c5ccccc5)n4)c3cc21. The molecule has 11 rings (SSSR count).